The van der Waals surface area contributed by atoms with Crippen LogP contribution in [0, 0.1) is 0 Å². The molecule has 0 amide bonds. The topological polar surface area (TPSA) is 16.4 Å². The Bertz CT molecular complexity index is 3570. The van der Waals surface area contributed by atoms with Crippen LogP contribution in [-0.4, -0.2) is 0 Å². The van der Waals surface area contributed by atoms with Crippen LogP contribution in [0.1, 0.15) is 0 Å². The van der Waals surface area contributed by atoms with Gasteiger partial charge in [-0.05, 0) is 144 Å². The smallest absolute Gasteiger partial charge is 0.135 e. The highest BCUT2D eigenvalue weighted by molar-refractivity contribution is 6.25. The largest absolute Gasteiger partial charge is 0.456 e. The van der Waals surface area contributed by atoms with E-state index < -0.39 is 0 Å². The van der Waals surface area contributed by atoms with E-state index in [0.717, 1.165) is 55.7 Å². The van der Waals surface area contributed by atoms with Crippen LogP contribution in [0.15, 0.2) is 241 Å². The van der Waals surface area contributed by atoms with Gasteiger partial charge in [0.25, 0.3) is 0 Å². The minimum Gasteiger partial charge on any atom is -0.456 e. The van der Waals surface area contributed by atoms with E-state index in [1.54, 1.807) is 0 Å². The highest BCUT2D eigenvalue weighted by Gasteiger charge is 2.17. The van der Waals surface area contributed by atoms with Gasteiger partial charge in [-0.2, -0.15) is 0 Å². The Kier molecular flexibility index (Phi) is 8.53. The molecule has 1 aromatic heterocycles. The quantitative estimate of drug-likeness (QED) is 0.150. The van der Waals surface area contributed by atoms with E-state index >= 15 is 0 Å². The lowest BCUT2D eigenvalue weighted by Gasteiger charge is -2.27. The van der Waals surface area contributed by atoms with E-state index in [2.05, 4.69) is 241 Å². The molecule has 0 atom stereocenters. The Morgan fingerprint density at radius 1 is 0.210 bits per heavy atom. The first-order valence-electron chi connectivity index (χ1n) is 21.2. The normalized spacial score (nSPS) is 11.5. The fraction of sp³-hybridized carbons (Fsp3) is 0. The predicted molar refractivity (Wildman–Crippen MR) is 263 cm³/mol. The molecule has 12 aromatic rings. The van der Waals surface area contributed by atoms with E-state index in [1.165, 1.54) is 60.1 Å². The lowest BCUT2D eigenvalue weighted by atomic mass is 9.94. The maximum Gasteiger partial charge on any atom is 0.135 e. The number of hydrogen-bond donors (Lipinski definition) is 0. The van der Waals surface area contributed by atoms with Crippen LogP contribution in [0.5, 0.6) is 0 Å². The monoisotopic (exact) mass is 789 g/mol. The summed E-state index contributed by atoms with van der Waals surface area (Å²) in [6.45, 7) is 0. The Hall–Kier alpha value is -8.20. The van der Waals surface area contributed by atoms with Crippen molar-refractivity contribution >= 4 is 71.3 Å². The molecule has 0 N–H and O–H groups in total. The van der Waals surface area contributed by atoms with Gasteiger partial charge in [-0.1, -0.05) is 170 Å². The lowest BCUT2D eigenvalue weighted by molar-refractivity contribution is 0.669. The zero-order chi connectivity index (χ0) is 41.0. The van der Waals surface area contributed by atoms with Crippen molar-refractivity contribution in [3.8, 4) is 44.5 Å². The molecule has 2 nitrogen and oxygen atoms in total. The molecule has 0 radical (unpaired) electrons. The Morgan fingerprint density at radius 3 is 1.11 bits per heavy atom. The predicted octanol–water partition coefficient (Wildman–Crippen LogP) is 17.2. The molecule has 11 aromatic carbocycles. The van der Waals surface area contributed by atoms with Gasteiger partial charge in [-0.3, -0.25) is 0 Å². The SMILES string of the molecule is c1ccc(-c2ccc(N(c3ccc(-c4cccc(-c5ccc6oc7ccc(-c8ccccc8)cc7c6c5)c4)cc3)c3ccc4c5ccccc5c5ccccc5c4c3)cc2)cc1. The van der Waals surface area contributed by atoms with Crippen molar-refractivity contribution in [2.75, 3.05) is 4.90 Å². The Morgan fingerprint density at radius 2 is 0.565 bits per heavy atom. The first-order valence-corrected chi connectivity index (χ1v) is 21.2. The first kappa shape index (κ1) is 35.7. The molecule has 12 rings (SSSR count). The van der Waals surface area contributed by atoms with Crippen molar-refractivity contribution in [2.45, 2.75) is 0 Å². The molecule has 0 saturated heterocycles. The molecule has 0 spiro atoms. The third-order valence-corrected chi connectivity index (χ3v) is 12.4. The summed E-state index contributed by atoms with van der Waals surface area (Å²) in [5, 5.41) is 9.84. The van der Waals surface area contributed by atoms with Crippen LogP contribution in [0.4, 0.5) is 17.1 Å². The van der Waals surface area contributed by atoms with E-state index in [0.29, 0.717) is 0 Å². The Balaban J connectivity index is 0.931. The average molecular weight is 790 g/mol. The van der Waals surface area contributed by atoms with Gasteiger partial charge in [0.05, 0.1) is 0 Å². The number of fused-ring (bicyclic) bond motifs is 9. The molecule has 290 valence electrons. The maximum atomic E-state index is 6.30. The zero-order valence-electron chi connectivity index (χ0n) is 33.9. The zero-order valence-corrected chi connectivity index (χ0v) is 33.9. The number of rotatable bonds is 7. The van der Waals surface area contributed by atoms with Crippen LogP contribution in [0.25, 0.3) is 98.8 Å². The molecule has 0 unspecified atom stereocenters. The molecule has 0 bridgehead atoms. The lowest BCUT2D eigenvalue weighted by Crippen LogP contribution is -2.10. The fourth-order valence-corrected chi connectivity index (χ4v) is 9.36. The van der Waals surface area contributed by atoms with E-state index in [-0.39, 0.29) is 0 Å². The molecule has 0 saturated carbocycles. The molecule has 1 heterocycles. The van der Waals surface area contributed by atoms with Gasteiger partial charge in [-0.15, -0.1) is 0 Å². The van der Waals surface area contributed by atoms with Crippen molar-refractivity contribution in [3.05, 3.63) is 237 Å². The molecule has 2 heteroatoms. The summed E-state index contributed by atoms with van der Waals surface area (Å²) < 4.78 is 6.30. The van der Waals surface area contributed by atoms with E-state index in [9.17, 15) is 0 Å². The van der Waals surface area contributed by atoms with Crippen molar-refractivity contribution < 1.29 is 4.42 Å². The summed E-state index contributed by atoms with van der Waals surface area (Å²) >= 11 is 0. The van der Waals surface area contributed by atoms with Crippen LogP contribution in [0.2, 0.25) is 0 Å². The summed E-state index contributed by atoms with van der Waals surface area (Å²) in [4.78, 5) is 2.38. The molecular weight excluding hydrogens is 751 g/mol. The summed E-state index contributed by atoms with van der Waals surface area (Å²) in [7, 11) is 0. The third-order valence-electron chi connectivity index (χ3n) is 12.4. The number of hydrogen-bond acceptors (Lipinski definition) is 2. The van der Waals surface area contributed by atoms with Gasteiger partial charge in [0.1, 0.15) is 11.2 Å². The van der Waals surface area contributed by atoms with Crippen LogP contribution >= 0.6 is 0 Å². The molecule has 62 heavy (non-hydrogen) atoms. The van der Waals surface area contributed by atoms with Crippen molar-refractivity contribution in [2.24, 2.45) is 0 Å². The van der Waals surface area contributed by atoms with E-state index in [4.69, 9.17) is 4.42 Å². The number of furan rings is 1. The summed E-state index contributed by atoms with van der Waals surface area (Å²) in [5.41, 5.74) is 14.5. The van der Waals surface area contributed by atoms with Crippen LogP contribution in [0.3, 0.4) is 0 Å². The summed E-state index contributed by atoms with van der Waals surface area (Å²) in [6, 6.07) is 85.5. The minimum absolute atomic E-state index is 0.896. The van der Waals surface area contributed by atoms with Gasteiger partial charge in [0.2, 0.25) is 0 Å². The summed E-state index contributed by atoms with van der Waals surface area (Å²) in [5.74, 6) is 0. The van der Waals surface area contributed by atoms with Crippen molar-refractivity contribution in [3.63, 3.8) is 0 Å². The van der Waals surface area contributed by atoms with Gasteiger partial charge in [0.15, 0.2) is 0 Å². The van der Waals surface area contributed by atoms with Crippen LogP contribution in [-0.2, 0) is 0 Å². The second kappa shape index (κ2) is 14.8. The third kappa shape index (κ3) is 6.20. The van der Waals surface area contributed by atoms with Crippen molar-refractivity contribution in [1.29, 1.82) is 0 Å². The first-order chi connectivity index (χ1) is 30.7. The highest BCUT2D eigenvalue weighted by Crippen LogP contribution is 2.42. The number of anilines is 3. The minimum atomic E-state index is 0.896. The number of benzene rings is 11. The summed E-state index contributed by atoms with van der Waals surface area (Å²) in [6.07, 6.45) is 0. The molecular formula is C60H39NO. The van der Waals surface area contributed by atoms with Gasteiger partial charge >= 0.3 is 0 Å². The van der Waals surface area contributed by atoms with E-state index in [1.807, 2.05) is 0 Å². The van der Waals surface area contributed by atoms with Gasteiger partial charge in [-0.25, -0.2) is 0 Å². The maximum absolute atomic E-state index is 6.30. The standard InChI is InChI=1S/C60H39NO/c1-3-12-40(13-4-1)42-22-28-48(29-23-42)61(50-32-33-55-53-20-8-7-18-51(53)52-19-9-10-21-54(52)56(55)39-50)49-30-24-43(25-31-49)44-16-11-17-45(36-44)47-27-35-60-58(38-47)57-37-46(26-34-59(57)62-60)41-14-5-2-6-15-41/h1-39H. The highest BCUT2D eigenvalue weighted by atomic mass is 16.3. The molecule has 0 aliphatic carbocycles. The second-order valence-electron chi connectivity index (χ2n) is 16.1. The number of nitrogens with zero attached hydrogens (tertiary/aromatic N) is 1. The molecule has 0 fully saturated rings. The van der Waals surface area contributed by atoms with Crippen LogP contribution < -0.4 is 4.90 Å². The molecule has 0 aliphatic rings. The Labute approximate surface area is 360 Å². The van der Waals surface area contributed by atoms with Crippen molar-refractivity contribution in [1.82, 2.24) is 0 Å². The second-order valence-corrected chi connectivity index (χ2v) is 16.1. The van der Waals surface area contributed by atoms with Gasteiger partial charge in [0, 0.05) is 27.8 Å². The van der Waals surface area contributed by atoms with Gasteiger partial charge < -0.3 is 9.32 Å². The molecule has 0 aliphatic heterocycles. The fourth-order valence-electron chi connectivity index (χ4n) is 9.36. The average Bonchev–Trinajstić information content (AvgIpc) is 3.72.